The lowest BCUT2D eigenvalue weighted by Crippen LogP contribution is -2.12. The molecule has 102 valence electrons. The molecule has 0 fully saturated rings. The third-order valence-corrected chi connectivity index (χ3v) is 4.38. The highest BCUT2D eigenvalue weighted by Gasteiger charge is 2.18. The van der Waals surface area contributed by atoms with E-state index in [9.17, 15) is 0 Å². The number of nitrogens with two attached hydrogens (primary N) is 1. The van der Waals surface area contributed by atoms with E-state index >= 15 is 0 Å². The maximum absolute atomic E-state index is 6.35. The van der Waals surface area contributed by atoms with E-state index in [0.29, 0.717) is 0 Å². The highest BCUT2D eigenvalue weighted by molar-refractivity contribution is 7.10. The number of rotatable bonds is 4. The largest absolute Gasteiger partial charge is 0.496 e. The Morgan fingerprint density at radius 1 is 1.16 bits per heavy atom. The summed E-state index contributed by atoms with van der Waals surface area (Å²) in [6.45, 7) is 4.13. The zero-order valence-corrected chi connectivity index (χ0v) is 12.5. The van der Waals surface area contributed by atoms with Crippen molar-refractivity contribution in [3.05, 3.63) is 45.1 Å². The van der Waals surface area contributed by atoms with Gasteiger partial charge in [-0.25, -0.2) is 0 Å². The van der Waals surface area contributed by atoms with Crippen LogP contribution in [0.4, 0.5) is 0 Å². The first-order valence-corrected chi connectivity index (χ1v) is 6.98. The fraction of sp³-hybridized carbons (Fsp3) is 0.333. The molecule has 2 N–H and O–H groups in total. The van der Waals surface area contributed by atoms with Crippen LogP contribution in [0.3, 0.4) is 0 Å². The number of hydrogen-bond donors (Lipinski definition) is 1. The van der Waals surface area contributed by atoms with Crippen molar-refractivity contribution in [2.24, 2.45) is 5.73 Å². The second kappa shape index (κ2) is 5.63. The van der Waals surface area contributed by atoms with E-state index in [-0.39, 0.29) is 6.04 Å². The van der Waals surface area contributed by atoms with Crippen LogP contribution < -0.4 is 15.2 Å². The van der Waals surface area contributed by atoms with Crippen molar-refractivity contribution in [2.75, 3.05) is 14.2 Å². The number of thiophene rings is 1. The van der Waals surface area contributed by atoms with Crippen LogP contribution >= 0.6 is 11.3 Å². The molecule has 0 amide bonds. The molecule has 1 heterocycles. The average molecular weight is 277 g/mol. The highest BCUT2D eigenvalue weighted by atomic mass is 32.1. The smallest absolute Gasteiger partial charge is 0.129 e. The van der Waals surface area contributed by atoms with Gasteiger partial charge in [-0.2, -0.15) is 0 Å². The number of hydrogen-bond acceptors (Lipinski definition) is 4. The minimum atomic E-state index is -0.192. The van der Waals surface area contributed by atoms with E-state index in [1.54, 1.807) is 25.6 Å². The number of methoxy groups -OCH3 is 2. The summed E-state index contributed by atoms with van der Waals surface area (Å²) in [5.41, 5.74) is 9.71. The summed E-state index contributed by atoms with van der Waals surface area (Å²) in [5, 5.41) is 1.96. The molecule has 0 aliphatic rings. The predicted octanol–water partition coefficient (Wildman–Crippen LogP) is 3.43. The molecular weight excluding hydrogens is 258 g/mol. The maximum Gasteiger partial charge on any atom is 0.129 e. The molecule has 2 aromatic rings. The lowest BCUT2D eigenvalue weighted by molar-refractivity contribution is 0.404. The molecule has 4 heteroatoms. The Bertz CT molecular complexity index is 578. The Kier molecular flexibility index (Phi) is 4.12. The fourth-order valence-electron chi connectivity index (χ4n) is 2.08. The van der Waals surface area contributed by atoms with Crippen LogP contribution in [0, 0.1) is 13.8 Å². The molecule has 0 aliphatic heterocycles. The van der Waals surface area contributed by atoms with Crippen LogP contribution in [0.2, 0.25) is 0 Å². The first kappa shape index (κ1) is 13.9. The normalized spacial score (nSPS) is 12.3. The number of benzene rings is 1. The lowest BCUT2D eigenvalue weighted by Gasteiger charge is -2.17. The van der Waals surface area contributed by atoms with Crippen molar-refractivity contribution in [3.63, 3.8) is 0 Å². The summed E-state index contributed by atoms with van der Waals surface area (Å²) in [5.74, 6) is 1.72. The quantitative estimate of drug-likeness (QED) is 0.931. The van der Waals surface area contributed by atoms with E-state index in [1.807, 2.05) is 17.5 Å². The molecule has 0 aliphatic carbocycles. The molecule has 1 atom stereocenters. The van der Waals surface area contributed by atoms with Crippen LogP contribution in [0.25, 0.3) is 0 Å². The Labute approximate surface area is 118 Å². The first-order chi connectivity index (χ1) is 9.08. The topological polar surface area (TPSA) is 44.5 Å². The molecule has 1 aromatic carbocycles. The van der Waals surface area contributed by atoms with Gasteiger partial charge in [-0.1, -0.05) is 12.1 Å². The maximum atomic E-state index is 6.35. The second-order valence-corrected chi connectivity index (χ2v) is 5.44. The van der Waals surface area contributed by atoms with Gasteiger partial charge in [-0.15, -0.1) is 11.3 Å². The van der Waals surface area contributed by atoms with Gasteiger partial charge in [-0.3, -0.25) is 0 Å². The van der Waals surface area contributed by atoms with Gasteiger partial charge in [-0.05, 0) is 31.0 Å². The number of ether oxygens (including phenoxy) is 2. The van der Waals surface area contributed by atoms with Gasteiger partial charge in [0.15, 0.2) is 0 Å². The van der Waals surface area contributed by atoms with Crippen LogP contribution in [-0.4, -0.2) is 14.2 Å². The van der Waals surface area contributed by atoms with Crippen molar-refractivity contribution in [1.29, 1.82) is 0 Å². The Morgan fingerprint density at radius 3 is 2.47 bits per heavy atom. The van der Waals surface area contributed by atoms with E-state index in [2.05, 4.69) is 19.9 Å². The fourth-order valence-corrected chi connectivity index (χ4v) is 2.96. The molecule has 2 rings (SSSR count). The highest BCUT2D eigenvalue weighted by Crippen LogP contribution is 2.36. The van der Waals surface area contributed by atoms with Crippen molar-refractivity contribution >= 4 is 11.3 Å². The zero-order chi connectivity index (χ0) is 14.0. The van der Waals surface area contributed by atoms with E-state index in [0.717, 1.165) is 27.5 Å². The molecule has 1 unspecified atom stereocenters. The Hall–Kier alpha value is -1.52. The average Bonchev–Trinajstić information content (AvgIpc) is 2.89. The van der Waals surface area contributed by atoms with Crippen LogP contribution in [-0.2, 0) is 0 Å². The monoisotopic (exact) mass is 277 g/mol. The van der Waals surface area contributed by atoms with Crippen molar-refractivity contribution in [3.8, 4) is 11.5 Å². The van der Waals surface area contributed by atoms with Gasteiger partial charge in [0.1, 0.15) is 11.5 Å². The molecular formula is C15H19NO2S. The molecule has 0 saturated carbocycles. The van der Waals surface area contributed by atoms with Gasteiger partial charge in [0.25, 0.3) is 0 Å². The molecule has 0 radical (unpaired) electrons. The Balaban J connectivity index is 2.43. The minimum absolute atomic E-state index is 0.192. The SMILES string of the molecule is COc1csc(C(N)c2ccc(C)c(C)c2OC)c1. The van der Waals surface area contributed by atoms with Crippen molar-refractivity contribution in [2.45, 2.75) is 19.9 Å². The zero-order valence-electron chi connectivity index (χ0n) is 11.7. The third-order valence-electron chi connectivity index (χ3n) is 3.38. The van der Waals surface area contributed by atoms with Gasteiger partial charge in [0, 0.05) is 15.8 Å². The summed E-state index contributed by atoms with van der Waals surface area (Å²) in [4.78, 5) is 1.07. The summed E-state index contributed by atoms with van der Waals surface area (Å²) in [6, 6.07) is 5.91. The Morgan fingerprint density at radius 2 is 1.89 bits per heavy atom. The van der Waals surface area contributed by atoms with E-state index < -0.39 is 0 Å². The van der Waals surface area contributed by atoms with Gasteiger partial charge in [0.05, 0.1) is 20.3 Å². The summed E-state index contributed by atoms with van der Waals surface area (Å²) in [7, 11) is 3.35. The molecule has 0 spiro atoms. The third kappa shape index (κ3) is 2.60. The summed E-state index contributed by atoms with van der Waals surface area (Å²) < 4.78 is 10.7. The van der Waals surface area contributed by atoms with Gasteiger partial charge >= 0.3 is 0 Å². The van der Waals surface area contributed by atoms with Gasteiger partial charge in [0.2, 0.25) is 0 Å². The molecule has 3 nitrogen and oxygen atoms in total. The van der Waals surface area contributed by atoms with Gasteiger partial charge < -0.3 is 15.2 Å². The predicted molar refractivity (Wildman–Crippen MR) is 79.4 cm³/mol. The molecule has 0 saturated heterocycles. The van der Waals surface area contributed by atoms with Crippen LogP contribution in [0.15, 0.2) is 23.6 Å². The summed E-state index contributed by atoms with van der Waals surface area (Å²) >= 11 is 1.60. The van der Waals surface area contributed by atoms with E-state index in [1.165, 1.54) is 5.56 Å². The van der Waals surface area contributed by atoms with Crippen molar-refractivity contribution < 1.29 is 9.47 Å². The van der Waals surface area contributed by atoms with Crippen LogP contribution in [0.1, 0.15) is 27.6 Å². The molecule has 0 bridgehead atoms. The first-order valence-electron chi connectivity index (χ1n) is 6.10. The minimum Gasteiger partial charge on any atom is -0.496 e. The van der Waals surface area contributed by atoms with Crippen molar-refractivity contribution in [1.82, 2.24) is 0 Å². The standard InChI is InChI=1S/C15H19NO2S/c1-9-5-6-12(15(18-4)10(9)2)14(16)13-7-11(17-3)8-19-13/h5-8,14H,16H2,1-4H3. The second-order valence-electron chi connectivity index (χ2n) is 4.50. The van der Waals surface area contributed by atoms with E-state index in [4.69, 9.17) is 15.2 Å². The lowest BCUT2D eigenvalue weighted by atomic mass is 9.98. The molecule has 19 heavy (non-hydrogen) atoms. The van der Waals surface area contributed by atoms with Crippen LogP contribution in [0.5, 0.6) is 11.5 Å². The number of aryl methyl sites for hydroxylation is 1. The summed E-state index contributed by atoms with van der Waals surface area (Å²) in [6.07, 6.45) is 0. The molecule has 1 aromatic heterocycles.